The smallest absolute Gasteiger partial charge is 0.237 e. The van der Waals surface area contributed by atoms with E-state index < -0.39 is 0 Å². The fraction of sp³-hybridized carbons (Fsp3) is 0.222. The van der Waals surface area contributed by atoms with E-state index in [1.165, 1.54) is 0 Å². The molecule has 2 aromatic rings. The molecule has 72 valence electrons. The number of nitrogens with zero attached hydrogens (tertiary/aromatic N) is 3. The molecule has 0 saturated heterocycles. The summed E-state index contributed by atoms with van der Waals surface area (Å²) in [6.07, 6.45) is 3.36. The number of hydrogen-bond donors (Lipinski definition) is 1. The predicted octanol–water partition coefficient (Wildman–Crippen LogP) is 0.821. The van der Waals surface area contributed by atoms with Gasteiger partial charge in [0, 0.05) is 19.3 Å². The molecule has 2 N–H and O–H groups in total. The molecule has 2 aromatic heterocycles. The summed E-state index contributed by atoms with van der Waals surface area (Å²) in [7, 11) is 0. The van der Waals surface area contributed by atoms with E-state index in [9.17, 15) is 0 Å². The molecule has 5 heteroatoms. The summed E-state index contributed by atoms with van der Waals surface area (Å²) in [6, 6.07) is 3.27. The predicted molar refractivity (Wildman–Crippen MR) is 49.3 cm³/mol. The van der Waals surface area contributed by atoms with Gasteiger partial charge in [0.05, 0.1) is 0 Å². The van der Waals surface area contributed by atoms with Crippen LogP contribution in [0.4, 0.5) is 0 Å². The van der Waals surface area contributed by atoms with Crippen LogP contribution >= 0.6 is 0 Å². The molecule has 14 heavy (non-hydrogen) atoms. The monoisotopic (exact) mass is 190 g/mol. The quantitative estimate of drug-likeness (QED) is 0.758. The van der Waals surface area contributed by atoms with Gasteiger partial charge in [-0.15, -0.1) is 10.2 Å². The molecule has 0 bridgehead atoms. The summed E-state index contributed by atoms with van der Waals surface area (Å²) in [6.45, 7) is 1.73. The van der Waals surface area contributed by atoms with E-state index in [1.54, 1.807) is 19.3 Å². The molecule has 2 rings (SSSR count). The zero-order valence-electron chi connectivity index (χ0n) is 7.71. The molecule has 0 fully saturated rings. The van der Waals surface area contributed by atoms with Crippen molar-refractivity contribution < 1.29 is 4.42 Å². The fourth-order valence-corrected chi connectivity index (χ4v) is 1.15. The van der Waals surface area contributed by atoms with E-state index in [1.807, 2.05) is 12.1 Å². The van der Waals surface area contributed by atoms with Crippen LogP contribution in [-0.4, -0.2) is 15.2 Å². The van der Waals surface area contributed by atoms with Gasteiger partial charge in [0.1, 0.15) is 6.04 Å². The lowest BCUT2D eigenvalue weighted by Gasteiger charge is -2.05. The second kappa shape index (κ2) is 3.55. The van der Waals surface area contributed by atoms with E-state index in [-0.39, 0.29) is 6.04 Å². The van der Waals surface area contributed by atoms with Crippen molar-refractivity contribution in [2.75, 3.05) is 0 Å². The Kier molecular flexibility index (Phi) is 2.24. The fourth-order valence-electron chi connectivity index (χ4n) is 1.15. The van der Waals surface area contributed by atoms with Crippen molar-refractivity contribution in [2.24, 2.45) is 5.73 Å². The maximum atomic E-state index is 5.91. The third kappa shape index (κ3) is 1.62. The standard InChI is InChI=1S/C9H10N4O/c1-6-12-13-9(14-6)8(10)7-2-4-11-5-3-7/h2-5,8H,10H2,1H3. The molecule has 1 unspecified atom stereocenters. The Labute approximate surface area is 81.0 Å². The van der Waals surface area contributed by atoms with Crippen molar-refractivity contribution in [3.63, 3.8) is 0 Å². The maximum Gasteiger partial charge on any atom is 0.237 e. The molecule has 0 spiro atoms. The molecule has 5 nitrogen and oxygen atoms in total. The molecule has 0 aliphatic rings. The first kappa shape index (κ1) is 8.83. The molecule has 2 heterocycles. The molecule has 0 aliphatic heterocycles. The Bertz CT molecular complexity index is 412. The third-order valence-corrected chi connectivity index (χ3v) is 1.87. The van der Waals surface area contributed by atoms with Gasteiger partial charge in [-0.25, -0.2) is 0 Å². The first-order chi connectivity index (χ1) is 6.77. The van der Waals surface area contributed by atoms with Crippen LogP contribution in [0.1, 0.15) is 23.4 Å². The van der Waals surface area contributed by atoms with E-state index in [2.05, 4.69) is 15.2 Å². The second-order valence-corrected chi connectivity index (χ2v) is 2.92. The Morgan fingerprint density at radius 2 is 2.00 bits per heavy atom. The topological polar surface area (TPSA) is 77.8 Å². The Hall–Kier alpha value is -1.75. The second-order valence-electron chi connectivity index (χ2n) is 2.92. The van der Waals surface area contributed by atoms with Crippen LogP contribution in [0.3, 0.4) is 0 Å². The van der Waals surface area contributed by atoms with E-state index in [0.29, 0.717) is 11.8 Å². The summed E-state index contributed by atoms with van der Waals surface area (Å²) >= 11 is 0. The highest BCUT2D eigenvalue weighted by atomic mass is 16.4. The van der Waals surface area contributed by atoms with Gasteiger partial charge in [-0.2, -0.15) is 0 Å². The highest BCUT2D eigenvalue weighted by Gasteiger charge is 2.14. The molecule has 0 amide bonds. The summed E-state index contributed by atoms with van der Waals surface area (Å²) in [5.41, 5.74) is 6.81. The lowest BCUT2D eigenvalue weighted by molar-refractivity contribution is 0.450. The van der Waals surface area contributed by atoms with Gasteiger partial charge >= 0.3 is 0 Å². The van der Waals surface area contributed by atoms with Gasteiger partial charge in [0.15, 0.2) is 0 Å². The average molecular weight is 190 g/mol. The van der Waals surface area contributed by atoms with E-state index in [0.717, 1.165) is 5.56 Å². The SMILES string of the molecule is Cc1nnc(C(N)c2ccncc2)o1. The summed E-state index contributed by atoms with van der Waals surface area (Å²) in [4.78, 5) is 3.90. The molecular formula is C9H10N4O. The Balaban J connectivity index is 2.29. The van der Waals surface area contributed by atoms with Crippen molar-refractivity contribution in [1.29, 1.82) is 0 Å². The summed E-state index contributed by atoms with van der Waals surface area (Å²) in [5, 5.41) is 7.58. The summed E-state index contributed by atoms with van der Waals surface area (Å²) in [5.74, 6) is 0.943. The lowest BCUT2D eigenvalue weighted by atomic mass is 10.1. The number of rotatable bonds is 2. The normalized spacial score (nSPS) is 12.7. The Morgan fingerprint density at radius 1 is 1.29 bits per heavy atom. The van der Waals surface area contributed by atoms with Crippen molar-refractivity contribution in [2.45, 2.75) is 13.0 Å². The van der Waals surface area contributed by atoms with Gasteiger partial charge in [-0.05, 0) is 17.7 Å². The number of pyridine rings is 1. The Morgan fingerprint density at radius 3 is 2.57 bits per heavy atom. The molecular weight excluding hydrogens is 180 g/mol. The van der Waals surface area contributed by atoms with Crippen LogP contribution in [0.25, 0.3) is 0 Å². The van der Waals surface area contributed by atoms with E-state index >= 15 is 0 Å². The minimum absolute atomic E-state index is 0.376. The number of hydrogen-bond acceptors (Lipinski definition) is 5. The van der Waals surface area contributed by atoms with Crippen LogP contribution in [-0.2, 0) is 0 Å². The van der Waals surface area contributed by atoms with Crippen molar-refractivity contribution in [3.8, 4) is 0 Å². The maximum absolute atomic E-state index is 5.91. The molecule has 0 saturated carbocycles. The van der Waals surface area contributed by atoms with Gasteiger partial charge in [0.25, 0.3) is 0 Å². The van der Waals surface area contributed by atoms with Crippen molar-refractivity contribution in [3.05, 3.63) is 41.9 Å². The number of aryl methyl sites for hydroxylation is 1. The zero-order valence-corrected chi connectivity index (χ0v) is 7.71. The van der Waals surface area contributed by atoms with Crippen LogP contribution in [0, 0.1) is 6.92 Å². The molecule has 0 aromatic carbocycles. The molecule has 0 aliphatic carbocycles. The largest absolute Gasteiger partial charge is 0.424 e. The summed E-state index contributed by atoms with van der Waals surface area (Å²) < 4.78 is 5.23. The molecule has 0 radical (unpaired) electrons. The van der Waals surface area contributed by atoms with Gasteiger partial charge in [0.2, 0.25) is 11.8 Å². The van der Waals surface area contributed by atoms with Crippen molar-refractivity contribution in [1.82, 2.24) is 15.2 Å². The van der Waals surface area contributed by atoms with E-state index in [4.69, 9.17) is 10.2 Å². The van der Waals surface area contributed by atoms with Crippen LogP contribution in [0.2, 0.25) is 0 Å². The average Bonchev–Trinajstić information content (AvgIpc) is 2.65. The first-order valence-corrected chi connectivity index (χ1v) is 4.23. The number of aromatic nitrogens is 3. The van der Waals surface area contributed by atoms with Crippen LogP contribution in [0.5, 0.6) is 0 Å². The zero-order chi connectivity index (χ0) is 9.97. The van der Waals surface area contributed by atoms with Gasteiger partial charge in [-0.3, -0.25) is 4.98 Å². The highest BCUT2D eigenvalue weighted by molar-refractivity contribution is 5.19. The van der Waals surface area contributed by atoms with Crippen LogP contribution in [0.15, 0.2) is 28.9 Å². The van der Waals surface area contributed by atoms with Crippen molar-refractivity contribution >= 4 is 0 Å². The highest BCUT2D eigenvalue weighted by Crippen LogP contribution is 2.16. The van der Waals surface area contributed by atoms with Gasteiger partial charge < -0.3 is 10.2 Å². The number of nitrogens with two attached hydrogens (primary N) is 1. The van der Waals surface area contributed by atoms with Crippen LogP contribution < -0.4 is 5.73 Å². The minimum Gasteiger partial charge on any atom is -0.424 e. The lowest BCUT2D eigenvalue weighted by Crippen LogP contribution is -2.12. The minimum atomic E-state index is -0.376. The third-order valence-electron chi connectivity index (χ3n) is 1.87. The first-order valence-electron chi connectivity index (χ1n) is 4.23. The molecule has 1 atom stereocenters. The van der Waals surface area contributed by atoms with Gasteiger partial charge in [-0.1, -0.05) is 0 Å².